The SMILES string of the molecule is COCC(C)N1c2ccccc2NCC1C. The molecule has 0 radical (unpaired) electrons. The summed E-state index contributed by atoms with van der Waals surface area (Å²) in [4.78, 5) is 2.44. The van der Waals surface area contributed by atoms with Gasteiger partial charge in [-0.05, 0) is 26.0 Å². The fourth-order valence-electron chi connectivity index (χ4n) is 2.44. The molecule has 3 nitrogen and oxygen atoms in total. The van der Waals surface area contributed by atoms with Crippen molar-refractivity contribution in [1.82, 2.24) is 0 Å². The molecule has 16 heavy (non-hydrogen) atoms. The van der Waals surface area contributed by atoms with Crippen LogP contribution in [-0.4, -0.2) is 32.3 Å². The van der Waals surface area contributed by atoms with Crippen molar-refractivity contribution in [3.8, 4) is 0 Å². The molecule has 0 aliphatic carbocycles. The number of fused-ring (bicyclic) bond motifs is 1. The van der Waals surface area contributed by atoms with E-state index in [1.165, 1.54) is 11.4 Å². The van der Waals surface area contributed by atoms with Crippen molar-refractivity contribution in [2.45, 2.75) is 25.9 Å². The van der Waals surface area contributed by atoms with Crippen LogP contribution in [0.2, 0.25) is 0 Å². The predicted octanol–water partition coefficient (Wildman–Crippen LogP) is 2.34. The summed E-state index contributed by atoms with van der Waals surface area (Å²) in [6.07, 6.45) is 0. The maximum atomic E-state index is 5.26. The molecule has 0 saturated heterocycles. The highest BCUT2D eigenvalue weighted by atomic mass is 16.5. The van der Waals surface area contributed by atoms with Crippen molar-refractivity contribution >= 4 is 11.4 Å². The summed E-state index contributed by atoms with van der Waals surface area (Å²) in [6.45, 7) is 6.21. The Morgan fingerprint density at radius 1 is 1.50 bits per heavy atom. The van der Waals surface area contributed by atoms with Crippen molar-refractivity contribution in [3.63, 3.8) is 0 Å². The second-order valence-electron chi connectivity index (χ2n) is 4.46. The van der Waals surface area contributed by atoms with Gasteiger partial charge in [0.05, 0.1) is 18.0 Å². The summed E-state index contributed by atoms with van der Waals surface area (Å²) < 4.78 is 5.26. The number of ether oxygens (including phenoxy) is 1. The smallest absolute Gasteiger partial charge is 0.0663 e. The van der Waals surface area contributed by atoms with Gasteiger partial charge in [0.1, 0.15) is 0 Å². The Bertz CT molecular complexity index is 354. The largest absolute Gasteiger partial charge is 0.383 e. The molecule has 3 heteroatoms. The molecular weight excluding hydrogens is 200 g/mol. The molecule has 1 aromatic rings. The van der Waals surface area contributed by atoms with Gasteiger partial charge in [0.15, 0.2) is 0 Å². The fraction of sp³-hybridized carbons (Fsp3) is 0.538. The number of hydrogen-bond acceptors (Lipinski definition) is 3. The third-order valence-electron chi connectivity index (χ3n) is 3.13. The van der Waals surface area contributed by atoms with Gasteiger partial charge in [-0.2, -0.15) is 0 Å². The number of methoxy groups -OCH3 is 1. The quantitative estimate of drug-likeness (QED) is 0.846. The molecule has 1 heterocycles. The number of anilines is 2. The minimum Gasteiger partial charge on any atom is -0.383 e. The normalized spacial score (nSPS) is 21.2. The van der Waals surface area contributed by atoms with E-state index < -0.39 is 0 Å². The fourth-order valence-corrected chi connectivity index (χ4v) is 2.44. The molecule has 0 aromatic heterocycles. The summed E-state index contributed by atoms with van der Waals surface area (Å²) >= 11 is 0. The minimum atomic E-state index is 0.406. The zero-order chi connectivity index (χ0) is 11.5. The molecule has 88 valence electrons. The number of hydrogen-bond donors (Lipinski definition) is 1. The average Bonchev–Trinajstić information content (AvgIpc) is 2.29. The van der Waals surface area contributed by atoms with Crippen LogP contribution in [0.15, 0.2) is 24.3 Å². The Hall–Kier alpha value is -1.22. The van der Waals surface area contributed by atoms with Crippen LogP contribution in [-0.2, 0) is 4.74 Å². The minimum absolute atomic E-state index is 0.406. The molecule has 2 atom stereocenters. The van der Waals surface area contributed by atoms with Crippen LogP contribution in [0.4, 0.5) is 11.4 Å². The molecular formula is C13H20N2O. The van der Waals surface area contributed by atoms with Gasteiger partial charge in [0.25, 0.3) is 0 Å². The second kappa shape index (κ2) is 4.74. The van der Waals surface area contributed by atoms with Gasteiger partial charge in [0, 0.05) is 25.7 Å². The van der Waals surface area contributed by atoms with E-state index in [1.807, 2.05) is 0 Å². The number of para-hydroxylation sites is 2. The van der Waals surface area contributed by atoms with Crippen molar-refractivity contribution in [2.24, 2.45) is 0 Å². The van der Waals surface area contributed by atoms with E-state index in [-0.39, 0.29) is 0 Å². The lowest BCUT2D eigenvalue weighted by atomic mass is 10.1. The van der Waals surface area contributed by atoms with Gasteiger partial charge in [0.2, 0.25) is 0 Å². The number of rotatable bonds is 3. The van der Waals surface area contributed by atoms with Gasteiger partial charge in [-0.3, -0.25) is 0 Å². The van der Waals surface area contributed by atoms with Crippen LogP contribution in [0.25, 0.3) is 0 Å². The highest BCUT2D eigenvalue weighted by molar-refractivity contribution is 5.73. The number of nitrogens with zero attached hydrogens (tertiary/aromatic N) is 1. The molecule has 2 unspecified atom stereocenters. The van der Waals surface area contributed by atoms with Gasteiger partial charge in [-0.15, -0.1) is 0 Å². The van der Waals surface area contributed by atoms with Gasteiger partial charge < -0.3 is 15.0 Å². The van der Waals surface area contributed by atoms with Crippen LogP contribution in [0.1, 0.15) is 13.8 Å². The Balaban J connectivity index is 2.29. The lowest BCUT2D eigenvalue weighted by Crippen LogP contribution is -2.48. The second-order valence-corrected chi connectivity index (χ2v) is 4.46. The molecule has 1 aromatic carbocycles. The summed E-state index contributed by atoms with van der Waals surface area (Å²) in [5, 5.41) is 3.46. The summed E-state index contributed by atoms with van der Waals surface area (Å²) in [6, 6.07) is 9.37. The Morgan fingerprint density at radius 3 is 3.00 bits per heavy atom. The Labute approximate surface area is 97.4 Å². The summed E-state index contributed by atoms with van der Waals surface area (Å²) in [5.41, 5.74) is 2.51. The Morgan fingerprint density at radius 2 is 2.25 bits per heavy atom. The summed E-state index contributed by atoms with van der Waals surface area (Å²) in [7, 11) is 1.76. The van der Waals surface area contributed by atoms with E-state index in [4.69, 9.17) is 4.74 Å². The standard InChI is InChI=1S/C13H20N2O/c1-10-8-14-12-6-4-5-7-13(12)15(10)11(2)9-16-3/h4-7,10-11,14H,8-9H2,1-3H3. The highest BCUT2D eigenvalue weighted by Gasteiger charge is 2.26. The molecule has 0 spiro atoms. The number of nitrogens with one attached hydrogen (secondary N) is 1. The Kier molecular flexibility index (Phi) is 3.34. The number of benzene rings is 1. The van der Waals surface area contributed by atoms with Crippen molar-refractivity contribution in [1.29, 1.82) is 0 Å². The zero-order valence-corrected chi connectivity index (χ0v) is 10.2. The first-order valence-electron chi connectivity index (χ1n) is 5.84. The van der Waals surface area contributed by atoms with Crippen LogP contribution in [0.3, 0.4) is 0 Å². The van der Waals surface area contributed by atoms with Gasteiger partial charge in [-0.25, -0.2) is 0 Å². The van der Waals surface area contributed by atoms with Crippen molar-refractivity contribution < 1.29 is 4.74 Å². The van der Waals surface area contributed by atoms with Crippen LogP contribution in [0.5, 0.6) is 0 Å². The lowest BCUT2D eigenvalue weighted by molar-refractivity contribution is 0.179. The predicted molar refractivity (Wildman–Crippen MR) is 68.2 cm³/mol. The zero-order valence-electron chi connectivity index (χ0n) is 10.2. The molecule has 0 saturated carbocycles. The first kappa shape index (κ1) is 11.3. The van der Waals surface area contributed by atoms with Crippen LogP contribution < -0.4 is 10.2 Å². The van der Waals surface area contributed by atoms with Crippen molar-refractivity contribution in [2.75, 3.05) is 30.5 Å². The highest BCUT2D eigenvalue weighted by Crippen LogP contribution is 2.32. The van der Waals surface area contributed by atoms with Gasteiger partial charge >= 0.3 is 0 Å². The maximum absolute atomic E-state index is 5.26. The van der Waals surface area contributed by atoms with E-state index in [1.54, 1.807) is 7.11 Å². The third-order valence-corrected chi connectivity index (χ3v) is 3.13. The topological polar surface area (TPSA) is 24.5 Å². The first-order valence-corrected chi connectivity index (χ1v) is 5.84. The lowest BCUT2D eigenvalue weighted by Gasteiger charge is -2.41. The van der Waals surface area contributed by atoms with E-state index >= 15 is 0 Å². The monoisotopic (exact) mass is 220 g/mol. The van der Waals surface area contributed by atoms with Crippen molar-refractivity contribution in [3.05, 3.63) is 24.3 Å². The molecule has 0 amide bonds. The third kappa shape index (κ3) is 2.00. The summed E-state index contributed by atoms with van der Waals surface area (Å²) in [5.74, 6) is 0. The molecule has 0 bridgehead atoms. The van der Waals surface area contributed by atoms with Crippen LogP contribution in [0, 0.1) is 0 Å². The van der Waals surface area contributed by atoms with Gasteiger partial charge in [-0.1, -0.05) is 12.1 Å². The van der Waals surface area contributed by atoms with E-state index in [0.29, 0.717) is 12.1 Å². The maximum Gasteiger partial charge on any atom is 0.0663 e. The molecule has 2 rings (SSSR count). The molecule has 1 aliphatic rings. The molecule has 0 fully saturated rings. The first-order chi connectivity index (χ1) is 7.74. The molecule has 1 aliphatic heterocycles. The van der Waals surface area contributed by atoms with E-state index in [9.17, 15) is 0 Å². The van der Waals surface area contributed by atoms with E-state index in [2.05, 4.69) is 48.3 Å². The molecule has 1 N–H and O–H groups in total. The van der Waals surface area contributed by atoms with E-state index in [0.717, 1.165) is 13.2 Å². The average molecular weight is 220 g/mol. The van der Waals surface area contributed by atoms with Crippen LogP contribution >= 0.6 is 0 Å².